The summed E-state index contributed by atoms with van der Waals surface area (Å²) < 4.78 is 0. The van der Waals surface area contributed by atoms with E-state index >= 15 is 0 Å². The van der Waals surface area contributed by atoms with E-state index in [-0.39, 0.29) is 45.4 Å². The van der Waals surface area contributed by atoms with Crippen LogP contribution in [0.25, 0.3) is 0 Å². The average Bonchev–Trinajstić information content (AvgIpc) is 3.02. The number of Topliss-reactive ketones (excluding diaryl/α,β-unsaturated/α-hetero) is 3. The number of aliphatic imine (C=N–C) groups is 1. The molecule has 0 fully saturated rings. The van der Waals surface area contributed by atoms with Crippen molar-refractivity contribution < 1.29 is 19.2 Å². The third-order valence-corrected chi connectivity index (χ3v) is 7.22. The summed E-state index contributed by atoms with van der Waals surface area (Å²) in [5, 5.41) is 2.86. The molecule has 0 saturated heterocycles. The molecule has 1 atom stereocenters. The van der Waals surface area contributed by atoms with Crippen LogP contribution >= 0.6 is 0 Å². The van der Waals surface area contributed by atoms with Crippen molar-refractivity contribution in [1.29, 1.82) is 0 Å². The number of carbonyl (C=O) groups excluding carboxylic acids is 4. The van der Waals surface area contributed by atoms with E-state index in [1.165, 1.54) is 0 Å². The number of carbonyl (C=O) groups is 4. The van der Waals surface area contributed by atoms with Crippen molar-refractivity contribution in [2.24, 2.45) is 44.4 Å². The number of nitrogens with two attached hydrogens (primary N) is 3. The van der Waals surface area contributed by atoms with Gasteiger partial charge in [0.15, 0.2) is 11.7 Å². The van der Waals surface area contributed by atoms with Gasteiger partial charge in [0.05, 0.1) is 11.6 Å². The maximum Gasteiger partial charge on any atom is 0.253 e. The summed E-state index contributed by atoms with van der Waals surface area (Å²) in [6.45, 7) is 30.0. The molecule has 0 spiro atoms. The van der Waals surface area contributed by atoms with Crippen molar-refractivity contribution in [3.63, 3.8) is 0 Å². The molecule has 0 aliphatic heterocycles. The van der Waals surface area contributed by atoms with Gasteiger partial charge < -0.3 is 22.5 Å². The smallest absolute Gasteiger partial charge is 0.253 e. The van der Waals surface area contributed by atoms with E-state index in [2.05, 4.69) is 41.3 Å². The lowest BCUT2D eigenvalue weighted by atomic mass is 9.79. The van der Waals surface area contributed by atoms with Crippen LogP contribution in [0.4, 0.5) is 0 Å². The third kappa shape index (κ3) is 29.0. The summed E-state index contributed by atoms with van der Waals surface area (Å²) in [5.41, 5.74) is 15.7. The fourth-order valence-corrected chi connectivity index (χ4v) is 4.21. The van der Waals surface area contributed by atoms with Crippen LogP contribution in [0, 0.1) is 22.2 Å². The second kappa shape index (κ2) is 26.2. The van der Waals surface area contributed by atoms with Crippen molar-refractivity contribution >= 4 is 29.2 Å². The molecule has 0 aromatic carbocycles. The minimum atomic E-state index is -0.417. The Morgan fingerprint density at radius 2 is 1.37 bits per heavy atom. The molecule has 10 heteroatoms. The molecule has 1 heterocycles. The predicted octanol–water partition coefficient (Wildman–Crippen LogP) is 8.14. The Balaban J connectivity index is -0.000000619. The van der Waals surface area contributed by atoms with Crippen LogP contribution in [0.3, 0.4) is 0 Å². The molecule has 7 N–H and O–H groups in total. The minimum Gasteiger partial charge on any atom is -0.370 e. The topological polar surface area (TPSA) is 184 Å². The molecular formula is C42H76N6O4. The molecule has 1 rings (SSSR count). The number of rotatable bonds is 14. The van der Waals surface area contributed by atoms with E-state index in [0.29, 0.717) is 36.5 Å². The number of aromatic nitrogens is 1. The molecule has 10 nitrogen and oxygen atoms in total. The fourth-order valence-electron chi connectivity index (χ4n) is 4.21. The van der Waals surface area contributed by atoms with Gasteiger partial charge in [-0.2, -0.15) is 0 Å². The summed E-state index contributed by atoms with van der Waals surface area (Å²) >= 11 is 0. The maximum atomic E-state index is 11.7. The fraction of sp³-hybridized carbons (Fsp3) is 0.667. The standard InChI is InChI=1S/C12H22O.C10H22N4O.C10H14N2O.C10H18O/c1-6-7-8-9-12(4,5)11(13)10(2)3;1-10(2,3)8(15)7(11)5-4-6-14-9(12)13;1-10(2,3)12-9(13)8-5-4-6-11-7-8;1-5-6-7-8-9(11)10(2,3)4/h7-8,10H,6,9H2,1-5H3;7H,4-6,11H2,1-3H3,(H4,12,13,14);4-7H,1-3H3,(H,12,13);6-7H,5,8H2,1-4H3/b8-7-;;;7-6-/t;7-;;/m.0../s1. The molecule has 1 aromatic rings. The van der Waals surface area contributed by atoms with E-state index < -0.39 is 6.04 Å². The zero-order valence-electron chi connectivity index (χ0n) is 35.5. The van der Waals surface area contributed by atoms with Gasteiger partial charge in [0, 0.05) is 53.1 Å². The molecule has 0 bridgehead atoms. The number of nitrogens with one attached hydrogen (secondary N) is 1. The van der Waals surface area contributed by atoms with Gasteiger partial charge in [-0.05, 0) is 65.0 Å². The molecule has 1 amide bonds. The highest BCUT2D eigenvalue weighted by molar-refractivity contribution is 5.94. The molecule has 1 aromatic heterocycles. The summed E-state index contributed by atoms with van der Waals surface area (Å²) in [7, 11) is 0. The first-order valence-electron chi connectivity index (χ1n) is 18.6. The number of pyridine rings is 1. The highest BCUT2D eigenvalue weighted by atomic mass is 16.2. The number of nitrogens with zero attached hydrogens (tertiary/aromatic N) is 2. The van der Waals surface area contributed by atoms with E-state index in [9.17, 15) is 19.2 Å². The highest BCUT2D eigenvalue weighted by Crippen LogP contribution is 2.26. The first-order valence-corrected chi connectivity index (χ1v) is 18.6. The highest BCUT2D eigenvalue weighted by Gasteiger charge is 2.28. The summed E-state index contributed by atoms with van der Waals surface area (Å²) in [6.07, 6.45) is 16.3. The monoisotopic (exact) mass is 729 g/mol. The average molecular weight is 729 g/mol. The number of allylic oxidation sites excluding steroid dienone is 4. The third-order valence-electron chi connectivity index (χ3n) is 7.22. The maximum absolute atomic E-state index is 11.7. The van der Waals surface area contributed by atoms with Gasteiger partial charge in [-0.15, -0.1) is 0 Å². The lowest BCUT2D eigenvalue weighted by Gasteiger charge is -2.23. The van der Waals surface area contributed by atoms with Crippen molar-refractivity contribution in [2.75, 3.05) is 6.54 Å². The van der Waals surface area contributed by atoms with Crippen LogP contribution in [-0.2, 0) is 14.4 Å². The van der Waals surface area contributed by atoms with Crippen LogP contribution < -0.4 is 22.5 Å². The first kappa shape index (κ1) is 52.7. The summed E-state index contributed by atoms with van der Waals surface area (Å²) in [4.78, 5) is 53.9. The quantitative estimate of drug-likeness (QED) is 0.0640. The largest absolute Gasteiger partial charge is 0.370 e. The van der Waals surface area contributed by atoms with E-state index in [4.69, 9.17) is 17.2 Å². The lowest BCUT2D eigenvalue weighted by molar-refractivity contribution is -0.130. The number of hydrogen-bond donors (Lipinski definition) is 4. The van der Waals surface area contributed by atoms with Crippen LogP contribution in [0.2, 0.25) is 0 Å². The van der Waals surface area contributed by atoms with Gasteiger partial charge in [0.2, 0.25) is 0 Å². The second-order valence-electron chi connectivity index (χ2n) is 16.9. The van der Waals surface area contributed by atoms with Crippen LogP contribution in [0.15, 0.2) is 53.8 Å². The Bertz CT molecular complexity index is 1260. The SMILES string of the molecule is CC(C)(C)C(=O)[C@@H](N)CCCN=C(N)N.CC(C)(C)NC(=O)c1cccnc1.CC/C=C\CC(=O)C(C)(C)C.CC/C=C\CC(C)(C)C(=O)C(C)C. The number of guanidine groups is 1. The van der Waals surface area contributed by atoms with Gasteiger partial charge in [0.1, 0.15) is 11.6 Å². The van der Waals surface area contributed by atoms with Crippen molar-refractivity contribution in [3.05, 3.63) is 54.4 Å². The normalized spacial score (nSPS) is 12.4. The number of ketones is 3. The second-order valence-corrected chi connectivity index (χ2v) is 16.9. The Hall–Kier alpha value is -3.66. The first-order chi connectivity index (χ1) is 23.6. The van der Waals surface area contributed by atoms with E-state index in [0.717, 1.165) is 25.7 Å². The zero-order valence-corrected chi connectivity index (χ0v) is 35.5. The Morgan fingerprint density at radius 1 is 0.827 bits per heavy atom. The van der Waals surface area contributed by atoms with Crippen LogP contribution in [0.5, 0.6) is 0 Å². The van der Waals surface area contributed by atoms with Crippen LogP contribution in [-0.4, -0.2) is 52.3 Å². The van der Waals surface area contributed by atoms with Crippen molar-refractivity contribution in [1.82, 2.24) is 10.3 Å². The van der Waals surface area contributed by atoms with E-state index in [1.54, 1.807) is 24.5 Å². The molecule has 0 aliphatic carbocycles. The Morgan fingerprint density at radius 3 is 1.77 bits per heavy atom. The number of amides is 1. The van der Waals surface area contributed by atoms with Gasteiger partial charge in [-0.3, -0.25) is 29.2 Å². The van der Waals surface area contributed by atoms with Crippen LogP contribution in [0.1, 0.15) is 153 Å². The Labute approximate surface area is 317 Å². The molecular weight excluding hydrogens is 653 g/mol. The lowest BCUT2D eigenvalue weighted by Crippen LogP contribution is -2.40. The molecule has 0 unspecified atom stereocenters. The molecule has 0 radical (unpaired) electrons. The summed E-state index contributed by atoms with van der Waals surface area (Å²) in [6, 6.07) is 3.07. The van der Waals surface area contributed by atoms with E-state index in [1.807, 2.05) is 102 Å². The van der Waals surface area contributed by atoms with Gasteiger partial charge in [-0.1, -0.05) is 107 Å². The molecule has 52 heavy (non-hydrogen) atoms. The number of hydrogen-bond acceptors (Lipinski definition) is 7. The molecule has 0 saturated carbocycles. The van der Waals surface area contributed by atoms with Crippen molar-refractivity contribution in [2.45, 2.75) is 154 Å². The predicted molar refractivity (Wildman–Crippen MR) is 220 cm³/mol. The molecule has 0 aliphatic rings. The van der Waals surface area contributed by atoms with Gasteiger partial charge >= 0.3 is 0 Å². The summed E-state index contributed by atoms with van der Waals surface area (Å²) in [5.74, 6) is 0.874. The van der Waals surface area contributed by atoms with Gasteiger partial charge in [-0.25, -0.2) is 0 Å². The zero-order chi connectivity index (χ0) is 41.3. The minimum absolute atomic E-state index is 0.0747. The molecule has 298 valence electrons. The van der Waals surface area contributed by atoms with Crippen molar-refractivity contribution in [3.8, 4) is 0 Å². The van der Waals surface area contributed by atoms with Gasteiger partial charge in [0.25, 0.3) is 5.91 Å². The Kier molecular flexibility index (Phi) is 26.5.